The first-order valence-corrected chi connectivity index (χ1v) is 6.41. The zero-order chi connectivity index (χ0) is 15.2. The van der Waals surface area contributed by atoms with E-state index in [9.17, 15) is 4.79 Å². The largest absolute Gasteiger partial charge is 0.444 e. The van der Waals surface area contributed by atoms with Crippen LogP contribution in [-0.4, -0.2) is 68.2 Å². The van der Waals surface area contributed by atoms with E-state index in [1.807, 2.05) is 65.7 Å². The Balaban J connectivity index is 4.35. The summed E-state index contributed by atoms with van der Waals surface area (Å²) in [5.41, 5.74) is -0.481. The third-order valence-electron chi connectivity index (χ3n) is 2.07. The topological polar surface area (TPSA) is 57.2 Å². The summed E-state index contributed by atoms with van der Waals surface area (Å²) in [5, 5.41) is 2.76. The molecule has 0 saturated carbocycles. The van der Waals surface area contributed by atoms with Gasteiger partial charge >= 0.3 is 6.09 Å². The van der Waals surface area contributed by atoms with E-state index < -0.39 is 11.7 Å². The Hall–Kier alpha value is -1.46. The number of carbonyl (C=O) groups is 1. The molecule has 1 amide bonds. The van der Waals surface area contributed by atoms with Crippen LogP contribution in [-0.2, 0) is 4.74 Å². The van der Waals surface area contributed by atoms with Gasteiger partial charge in [0.1, 0.15) is 5.60 Å². The third-order valence-corrected chi connectivity index (χ3v) is 2.07. The lowest BCUT2D eigenvalue weighted by atomic mass is 10.2. The summed E-state index contributed by atoms with van der Waals surface area (Å²) < 4.78 is 5.19. The number of guanidine groups is 1. The maximum atomic E-state index is 11.6. The fourth-order valence-electron chi connectivity index (χ4n) is 1.46. The van der Waals surface area contributed by atoms with Crippen LogP contribution >= 0.6 is 0 Å². The number of carbonyl (C=O) groups excluding carboxylic acids is 1. The molecule has 112 valence electrons. The van der Waals surface area contributed by atoms with Gasteiger partial charge in [0.05, 0.1) is 6.54 Å². The lowest BCUT2D eigenvalue weighted by molar-refractivity contribution is 0.0510. The van der Waals surface area contributed by atoms with Gasteiger partial charge < -0.3 is 19.9 Å². The predicted octanol–water partition coefficient (Wildman–Crippen LogP) is 1.38. The van der Waals surface area contributed by atoms with E-state index in [4.69, 9.17) is 4.74 Å². The van der Waals surface area contributed by atoms with Crippen LogP contribution in [0.25, 0.3) is 0 Å². The number of amides is 1. The van der Waals surface area contributed by atoms with Gasteiger partial charge in [0, 0.05) is 34.2 Å². The second-order valence-electron chi connectivity index (χ2n) is 5.98. The number of hydrogen-bond donors (Lipinski definition) is 1. The van der Waals surface area contributed by atoms with Crippen molar-refractivity contribution in [3.8, 4) is 0 Å². The van der Waals surface area contributed by atoms with E-state index in [0.29, 0.717) is 6.54 Å². The Morgan fingerprint density at radius 3 is 2.05 bits per heavy atom. The van der Waals surface area contributed by atoms with Crippen molar-refractivity contribution in [3.63, 3.8) is 0 Å². The van der Waals surface area contributed by atoms with Crippen LogP contribution in [0, 0.1) is 0 Å². The maximum Gasteiger partial charge on any atom is 0.407 e. The number of nitrogens with one attached hydrogen (secondary N) is 1. The maximum absolute atomic E-state index is 11.6. The van der Waals surface area contributed by atoms with E-state index >= 15 is 0 Å². The molecule has 19 heavy (non-hydrogen) atoms. The molecule has 6 heteroatoms. The Morgan fingerprint density at radius 1 is 1.21 bits per heavy atom. The first-order valence-electron chi connectivity index (χ1n) is 6.41. The van der Waals surface area contributed by atoms with Crippen molar-refractivity contribution in [2.75, 3.05) is 34.7 Å². The van der Waals surface area contributed by atoms with Crippen LogP contribution in [0.15, 0.2) is 4.99 Å². The molecule has 0 saturated heterocycles. The summed E-state index contributed by atoms with van der Waals surface area (Å²) in [5.74, 6) is 0.859. The summed E-state index contributed by atoms with van der Waals surface area (Å²) in [7, 11) is 7.74. The van der Waals surface area contributed by atoms with Crippen molar-refractivity contribution in [2.45, 2.75) is 39.3 Å². The quantitative estimate of drug-likeness (QED) is 0.623. The number of hydrogen-bond acceptors (Lipinski definition) is 3. The molecule has 6 nitrogen and oxygen atoms in total. The van der Waals surface area contributed by atoms with Gasteiger partial charge in [0.2, 0.25) is 0 Å². The minimum atomic E-state index is -0.481. The van der Waals surface area contributed by atoms with Gasteiger partial charge in [0.15, 0.2) is 5.96 Å². The molecule has 0 aliphatic carbocycles. The Kier molecular flexibility index (Phi) is 6.65. The van der Waals surface area contributed by atoms with Crippen molar-refractivity contribution in [1.29, 1.82) is 0 Å². The van der Waals surface area contributed by atoms with Crippen LogP contribution in [0.4, 0.5) is 4.79 Å². The average Bonchev–Trinajstić information content (AvgIpc) is 2.12. The van der Waals surface area contributed by atoms with Crippen LogP contribution in [0.2, 0.25) is 0 Å². The van der Waals surface area contributed by atoms with E-state index in [1.54, 1.807) is 0 Å². The molecule has 0 spiro atoms. The first-order chi connectivity index (χ1) is 8.53. The molecule has 0 unspecified atom stereocenters. The molecular weight excluding hydrogens is 244 g/mol. The van der Waals surface area contributed by atoms with Crippen molar-refractivity contribution >= 4 is 12.1 Å². The second-order valence-corrected chi connectivity index (χ2v) is 5.98. The van der Waals surface area contributed by atoms with Gasteiger partial charge in [-0.05, 0) is 27.7 Å². The van der Waals surface area contributed by atoms with E-state index in [1.165, 1.54) is 0 Å². The van der Waals surface area contributed by atoms with Crippen molar-refractivity contribution in [2.24, 2.45) is 4.99 Å². The van der Waals surface area contributed by atoms with Crippen molar-refractivity contribution < 1.29 is 9.53 Å². The molecule has 0 bridgehead atoms. The minimum absolute atomic E-state index is 0.0789. The zero-order valence-electron chi connectivity index (χ0n) is 13.4. The molecular formula is C13H28N4O2. The molecule has 0 aliphatic rings. The predicted molar refractivity (Wildman–Crippen MR) is 78.5 cm³/mol. The van der Waals surface area contributed by atoms with Gasteiger partial charge in [0.25, 0.3) is 0 Å². The average molecular weight is 272 g/mol. The fourth-order valence-corrected chi connectivity index (χ4v) is 1.46. The highest BCUT2D eigenvalue weighted by Crippen LogP contribution is 2.06. The Bertz CT molecular complexity index is 309. The second kappa shape index (κ2) is 7.21. The molecule has 0 rings (SSSR count). The highest BCUT2D eigenvalue weighted by Gasteiger charge is 2.17. The van der Waals surface area contributed by atoms with Crippen LogP contribution < -0.4 is 5.32 Å². The van der Waals surface area contributed by atoms with Gasteiger partial charge in [-0.15, -0.1) is 0 Å². The van der Waals surface area contributed by atoms with Crippen LogP contribution in [0.5, 0.6) is 0 Å². The van der Waals surface area contributed by atoms with Crippen LogP contribution in [0.1, 0.15) is 27.7 Å². The van der Waals surface area contributed by atoms with Gasteiger partial charge in [-0.2, -0.15) is 0 Å². The number of nitrogens with zero attached hydrogens (tertiary/aromatic N) is 3. The number of alkyl carbamates (subject to hydrolysis) is 1. The summed E-state index contributed by atoms with van der Waals surface area (Å²) >= 11 is 0. The van der Waals surface area contributed by atoms with Crippen molar-refractivity contribution in [3.05, 3.63) is 0 Å². The minimum Gasteiger partial charge on any atom is -0.444 e. The van der Waals surface area contributed by atoms with Gasteiger partial charge in [-0.1, -0.05) is 0 Å². The smallest absolute Gasteiger partial charge is 0.407 e. The molecule has 0 radical (unpaired) electrons. The highest BCUT2D eigenvalue weighted by molar-refractivity contribution is 5.79. The lowest BCUT2D eigenvalue weighted by Crippen LogP contribution is -2.40. The van der Waals surface area contributed by atoms with Gasteiger partial charge in [-0.25, -0.2) is 4.79 Å². The zero-order valence-corrected chi connectivity index (χ0v) is 13.4. The summed E-state index contributed by atoms with van der Waals surface area (Å²) in [6.07, 6.45) is -0.411. The number of rotatable bonds is 3. The standard InChI is InChI=1S/C13H28N4O2/c1-10(15-12(18)19-13(2,3)4)9-14-11(16(5)6)17(7)8/h10H,9H2,1-8H3,(H,15,18)/t10-/m1/s1. The van der Waals surface area contributed by atoms with Crippen LogP contribution in [0.3, 0.4) is 0 Å². The molecule has 0 aromatic carbocycles. The molecule has 1 N–H and O–H groups in total. The molecule has 0 heterocycles. The first kappa shape index (κ1) is 17.5. The Morgan fingerprint density at radius 2 is 1.68 bits per heavy atom. The van der Waals surface area contributed by atoms with E-state index in [-0.39, 0.29) is 6.04 Å². The Labute approximate surface area is 116 Å². The molecule has 0 aliphatic heterocycles. The number of aliphatic imine (C=N–C) groups is 1. The van der Waals surface area contributed by atoms with E-state index in [2.05, 4.69) is 10.3 Å². The summed E-state index contributed by atoms with van der Waals surface area (Å²) in [4.78, 5) is 19.9. The normalized spacial score (nSPS) is 12.4. The molecule has 0 fully saturated rings. The monoisotopic (exact) mass is 272 g/mol. The molecule has 0 aromatic heterocycles. The van der Waals surface area contributed by atoms with Gasteiger partial charge in [-0.3, -0.25) is 4.99 Å². The third kappa shape index (κ3) is 8.29. The summed E-state index contributed by atoms with van der Waals surface area (Å²) in [6, 6.07) is -0.0789. The number of ether oxygens (including phenoxy) is 1. The molecule has 0 aromatic rings. The lowest BCUT2D eigenvalue weighted by Gasteiger charge is -2.24. The van der Waals surface area contributed by atoms with E-state index in [0.717, 1.165) is 5.96 Å². The van der Waals surface area contributed by atoms with Crippen molar-refractivity contribution in [1.82, 2.24) is 15.1 Å². The summed E-state index contributed by atoms with van der Waals surface area (Å²) in [6.45, 7) is 7.92. The highest BCUT2D eigenvalue weighted by atomic mass is 16.6. The molecule has 1 atom stereocenters. The fraction of sp³-hybridized carbons (Fsp3) is 0.846. The SMILES string of the molecule is C[C@H](CN=C(N(C)C)N(C)C)NC(=O)OC(C)(C)C.